The first-order valence-electron chi connectivity index (χ1n) is 9.97. The molecule has 0 radical (unpaired) electrons. The van der Waals surface area contributed by atoms with E-state index in [9.17, 15) is 18.3 Å². The summed E-state index contributed by atoms with van der Waals surface area (Å²) in [6.07, 6.45) is 2.75. The third-order valence-electron chi connectivity index (χ3n) is 4.62. The van der Waals surface area contributed by atoms with E-state index in [1.807, 2.05) is 13.8 Å². The zero-order valence-electron chi connectivity index (χ0n) is 17.7. The third kappa shape index (κ3) is 8.69. The van der Waals surface area contributed by atoms with Crippen molar-refractivity contribution in [1.82, 2.24) is 20.2 Å². The molecule has 2 unspecified atom stereocenters. The van der Waals surface area contributed by atoms with E-state index in [2.05, 4.69) is 27.5 Å². The predicted octanol–water partition coefficient (Wildman–Crippen LogP) is 4.09. The summed E-state index contributed by atoms with van der Waals surface area (Å²) in [7, 11) is 1.42. The number of nitrogens with zero attached hydrogens (tertiary/aromatic N) is 3. The molecule has 10 heteroatoms. The highest BCUT2D eigenvalue weighted by Gasteiger charge is 2.57. The van der Waals surface area contributed by atoms with Crippen molar-refractivity contribution < 1.29 is 18.3 Å². The van der Waals surface area contributed by atoms with Gasteiger partial charge in [-0.2, -0.15) is 13.2 Å². The molecule has 0 aliphatic rings. The van der Waals surface area contributed by atoms with Gasteiger partial charge >= 0.3 is 6.18 Å². The number of unbranched alkanes of at least 4 members (excludes halogenated alkanes) is 3. The van der Waals surface area contributed by atoms with E-state index < -0.39 is 24.0 Å². The number of guanidine groups is 1. The second-order valence-electron chi connectivity index (χ2n) is 7.13. The first-order valence-corrected chi connectivity index (χ1v) is 9.97. The first-order chi connectivity index (χ1) is 13.2. The lowest BCUT2D eigenvalue weighted by molar-refractivity contribution is -0.272. The standard InChI is InChI=1S/C19H34F3N5O.HI/c1-5-7-8-9-10-15(3)26-17(23-6-2)25-12-11-18(28,19(20,21)22)16-24-13-14-27(16)4;/h13-15,28H,5-12H2,1-4H3,(H2,23,25,26);1H. The van der Waals surface area contributed by atoms with Gasteiger partial charge in [0.2, 0.25) is 5.60 Å². The van der Waals surface area contributed by atoms with Gasteiger partial charge in [0.25, 0.3) is 0 Å². The van der Waals surface area contributed by atoms with Gasteiger partial charge in [-0.05, 0) is 20.3 Å². The smallest absolute Gasteiger partial charge is 0.374 e. The number of aliphatic hydroxyl groups is 1. The number of hydrogen-bond donors (Lipinski definition) is 3. The van der Waals surface area contributed by atoms with Gasteiger partial charge in [0, 0.05) is 45.0 Å². The zero-order chi connectivity index (χ0) is 21.2. The molecule has 1 aromatic rings. The molecule has 0 aromatic carbocycles. The van der Waals surface area contributed by atoms with E-state index in [1.54, 1.807) is 0 Å². The monoisotopic (exact) mass is 533 g/mol. The maximum absolute atomic E-state index is 13.5. The molecule has 29 heavy (non-hydrogen) atoms. The zero-order valence-corrected chi connectivity index (χ0v) is 20.1. The lowest BCUT2D eigenvalue weighted by Gasteiger charge is -2.29. The Morgan fingerprint density at radius 1 is 1.28 bits per heavy atom. The number of imidazole rings is 1. The van der Waals surface area contributed by atoms with Gasteiger partial charge in [0.15, 0.2) is 5.96 Å². The van der Waals surface area contributed by atoms with Crippen LogP contribution in [0.5, 0.6) is 0 Å². The third-order valence-corrected chi connectivity index (χ3v) is 4.62. The molecule has 0 bridgehead atoms. The average molecular weight is 533 g/mol. The van der Waals surface area contributed by atoms with Crippen molar-refractivity contribution in [3.05, 3.63) is 18.2 Å². The molecular formula is C19H35F3IN5O. The number of nitrogens with one attached hydrogen (secondary N) is 2. The van der Waals surface area contributed by atoms with Gasteiger partial charge in [0.05, 0.1) is 0 Å². The minimum absolute atomic E-state index is 0. The Morgan fingerprint density at radius 3 is 2.48 bits per heavy atom. The maximum atomic E-state index is 13.5. The van der Waals surface area contributed by atoms with E-state index in [-0.39, 0.29) is 36.6 Å². The highest BCUT2D eigenvalue weighted by atomic mass is 127. The summed E-state index contributed by atoms with van der Waals surface area (Å²) in [5.41, 5.74) is -3.04. The number of hydrogen-bond acceptors (Lipinski definition) is 3. The summed E-state index contributed by atoms with van der Waals surface area (Å²) in [4.78, 5) is 7.93. The normalized spacial score (nSPS) is 15.4. The summed E-state index contributed by atoms with van der Waals surface area (Å²) in [6, 6.07) is 0.158. The van der Waals surface area contributed by atoms with Gasteiger partial charge in [-0.25, -0.2) is 4.98 Å². The van der Waals surface area contributed by atoms with E-state index in [0.29, 0.717) is 12.5 Å². The Labute approximate surface area is 188 Å². The van der Waals surface area contributed by atoms with Crippen molar-refractivity contribution in [3.8, 4) is 0 Å². The fourth-order valence-corrected chi connectivity index (χ4v) is 2.98. The van der Waals surface area contributed by atoms with Crippen LogP contribution in [0.15, 0.2) is 17.4 Å². The number of halogens is 4. The maximum Gasteiger partial charge on any atom is 0.424 e. The van der Waals surface area contributed by atoms with E-state index >= 15 is 0 Å². The fraction of sp³-hybridized carbons (Fsp3) is 0.789. The van der Waals surface area contributed by atoms with Crippen molar-refractivity contribution in [2.45, 2.75) is 77.1 Å². The Kier molecular flexibility index (Phi) is 12.8. The van der Waals surface area contributed by atoms with Gasteiger partial charge in [-0.1, -0.05) is 32.6 Å². The van der Waals surface area contributed by atoms with Crippen LogP contribution >= 0.6 is 24.0 Å². The summed E-state index contributed by atoms with van der Waals surface area (Å²) >= 11 is 0. The van der Waals surface area contributed by atoms with E-state index in [0.717, 1.165) is 12.8 Å². The van der Waals surface area contributed by atoms with Crippen LogP contribution in [0, 0.1) is 0 Å². The highest BCUT2D eigenvalue weighted by molar-refractivity contribution is 14.0. The average Bonchev–Trinajstić information content (AvgIpc) is 3.04. The number of aliphatic imine (C=N–C) groups is 1. The molecule has 0 aliphatic heterocycles. The molecule has 170 valence electrons. The second kappa shape index (κ2) is 13.3. The van der Waals surface area contributed by atoms with Gasteiger partial charge in [-0.15, -0.1) is 24.0 Å². The van der Waals surface area contributed by atoms with Crippen LogP contribution in [-0.2, 0) is 12.6 Å². The fourth-order valence-electron chi connectivity index (χ4n) is 2.98. The summed E-state index contributed by atoms with van der Waals surface area (Å²) in [6.45, 7) is 6.48. The molecular weight excluding hydrogens is 498 g/mol. The minimum Gasteiger partial charge on any atom is -0.374 e. The van der Waals surface area contributed by atoms with Crippen molar-refractivity contribution in [3.63, 3.8) is 0 Å². The number of aryl methyl sites for hydroxylation is 1. The molecule has 0 saturated carbocycles. The van der Waals surface area contributed by atoms with Gasteiger partial charge < -0.3 is 20.3 Å². The van der Waals surface area contributed by atoms with Crippen LogP contribution in [-0.4, -0.2) is 45.9 Å². The molecule has 1 heterocycles. The van der Waals surface area contributed by atoms with Gasteiger partial charge in [0.1, 0.15) is 5.82 Å². The Morgan fingerprint density at radius 2 is 1.97 bits per heavy atom. The van der Waals surface area contributed by atoms with Crippen LogP contribution in [0.2, 0.25) is 0 Å². The molecule has 0 amide bonds. The van der Waals surface area contributed by atoms with Gasteiger partial charge in [-0.3, -0.25) is 4.99 Å². The molecule has 0 fully saturated rings. The molecule has 0 spiro atoms. The Bertz CT molecular complexity index is 609. The minimum atomic E-state index is -4.85. The number of rotatable bonds is 11. The SMILES string of the molecule is CCCCCCC(C)NC(=NCCC(O)(c1nccn1C)C(F)(F)F)NCC.I. The van der Waals surface area contributed by atoms with Crippen molar-refractivity contribution in [1.29, 1.82) is 0 Å². The van der Waals surface area contributed by atoms with Crippen LogP contribution in [0.1, 0.15) is 65.1 Å². The molecule has 0 saturated heterocycles. The Balaban J connectivity index is 0.00000784. The summed E-state index contributed by atoms with van der Waals surface area (Å²) in [5, 5.41) is 16.6. The lowest BCUT2D eigenvalue weighted by Crippen LogP contribution is -2.46. The van der Waals surface area contributed by atoms with E-state index in [1.165, 1.54) is 43.3 Å². The van der Waals surface area contributed by atoms with Crippen molar-refractivity contribution in [2.24, 2.45) is 12.0 Å². The first kappa shape index (κ1) is 28.0. The van der Waals surface area contributed by atoms with Crippen molar-refractivity contribution in [2.75, 3.05) is 13.1 Å². The Hall–Kier alpha value is -1.04. The second-order valence-corrected chi connectivity index (χ2v) is 7.13. The van der Waals surface area contributed by atoms with Crippen molar-refractivity contribution >= 4 is 29.9 Å². The van der Waals surface area contributed by atoms with Crippen LogP contribution in [0.4, 0.5) is 13.2 Å². The van der Waals surface area contributed by atoms with Crippen LogP contribution < -0.4 is 10.6 Å². The number of aromatic nitrogens is 2. The van der Waals surface area contributed by atoms with Crippen LogP contribution in [0.3, 0.4) is 0 Å². The van der Waals surface area contributed by atoms with Crippen LogP contribution in [0.25, 0.3) is 0 Å². The topological polar surface area (TPSA) is 74.5 Å². The molecule has 6 nitrogen and oxygen atoms in total. The molecule has 1 aromatic heterocycles. The highest BCUT2D eigenvalue weighted by Crippen LogP contribution is 2.40. The molecule has 3 N–H and O–H groups in total. The molecule has 0 aliphatic carbocycles. The number of alkyl halides is 3. The molecule has 1 rings (SSSR count). The predicted molar refractivity (Wildman–Crippen MR) is 121 cm³/mol. The molecule has 2 atom stereocenters. The summed E-state index contributed by atoms with van der Waals surface area (Å²) in [5.74, 6) is 0.0207. The largest absolute Gasteiger partial charge is 0.424 e. The summed E-state index contributed by atoms with van der Waals surface area (Å²) < 4.78 is 41.8. The lowest BCUT2D eigenvalue weighted by atomic mass is 9.98. The quantitative estimate of drug-likeness (QED) is 0.174. The van der Waals surface area contributed by atoms with E-state index in [4.69, 9.17) is 0 Å².